The summed E-state index contributed by atoms with van der Waals surface area (Å²) in [6.07, 6.45) is 6.98. The van der Waals surface area contributed by atoms with Crippen LogP contribution >= 0.6 is 0 Å². The Morgan fingerprint density at radius 2 is 2.00 bits per heavy atom. The second kappa shape index (κ2) is 7.20. The summed E-state index contributed by atoms with van der Waals surface area (Å²) in [4.78, 5) is 12.4. The van der Waals surface area contributed by atoms with Crippen molar-refractivity contribution in [1.29, 1.82) is 0 Å². The number of rotatable bonds is 6. The Morgan fingerprint density at radius 3 is 2.65 bits per heavy atom. The summed E-state index contributed by atoms with van der Waals surface area (Å²) in [5.74, 6) is 2.24. The number of anilines is 1. The van der Waals surface area contributed by atoms with E-state index in [1.165, 1.54) is 25.3 Å². The number of terminal acetylenes is 1. The molecule has 0 unspecified atom stereocenters. The van der Waals surface area contributed by atoms with E-state index in [9.17, 15) is 13.2 Å². The fourth-order valence-electron chi connectivity index (χ4n) is 2.40. The number of hydrogen-bond acceptors (Lipinski definition) is 4. The van der Waals surface area contributed by atoms with Gasteiger partial charge in [-0.15, -0.1) is 6.42 Å². The Labute approximate surface area is 152 Å². The van der Waals surface area contributed by atoms with Gasteiger partial charge in [-0.2, -0.15) is 0 Å². The van der Waals surface area contributed by atoms with E-state index in [0.717, 1.165) is 12.8 Å². The van der Waals surface area contributed by atoms with Crippen LogP contribution in [0.5, 0.6) is 5.75 Å². The van der Waals surface area contributed by atoms with Crippen LogP contribution in [0.25, 0.3) is 0 Å². The lowest BCUT2D eigenvalue weighted by Gasteiger charge is -2.12. The molecule has 6 nitrogen and oxygen atoms in total. The van der Waals surface area contributed by atoms with Crippen molar-refractivity contribution in [3.63, 3.8) is 0 Å². The molecule has 1 fully saturated rings. The number of amides is 1. The van der Waals surface area contributed by atoms with E-state index in [1.54, 1.807) is 24.3 Å². The highest BCUT2D eigenvalue weighted by molar-refractivity contribution is 7.89. The fraction of sp³-hybridized carbons (Fsp3) is 0.211. The van der Waals surface area contributed by atoms with Crippen molar-refractivity contribution >= 4 is 21.6 Å². The zero-order chi connectivity index (χ0) is 18.7. The van der Waals surface area contributed by atoms with Crippen molar-refractivity contribution in [3.05, 3.63) is 53.6 Å². The maximum absolute atomic E-state index is 12.5. The van der Waals surface area contributed by atoms with Crippen LogP contribution in [-0.2, 0) is 10.0 Å². The van der Waals surface area contributed by atoms with Crippen molar-refractivity contribution in [2.75, 3.05) is 12.4 Å². The largest absolute Gasteiger partial charge is 0.495 e. The molecule has 0 radical (unpaired) electrons. The third kappa shape index (κ3) is 4.04. The highest BCUT2D eigenvalue weighted by atomic mass is 32.2. The van der Waals surface area contributed by atoms with Crippen molar-refractivity contribution in [2.45, 2.75) is 23.8 Å². The molecule has 0 spiro atoms. The molecule has 0 saturated heterocycles. The number of benzene rings is 2. The number of ether oxygens (including phenoxy) is 1. The van der Waals surface area contributed by atoms with Gasteiger partial charge in [0.1, 0.15) is 10.6 Å². The topological polar surface area (TPSA) is 84.5 Å². The molecule has 0 heterocycles. The minimum atomic E-state index is -3.76. The maximum atomic E-state index is 12.5. The summed E-state index contributed by atoms with van der Waals surface area (Å²) in [6.45, 7) is 0. The summed E-state index contributed by atoms with van der Waals surface area (Å²) in [5, 5.41) is 2.71. The number of carbonyl (C=O) groups excluding carboxylic acids is 1. The number of sulfonamides is 1. The molecule has 7 heteroatoms. The summed E-state index contributed by atoms with van der Waals surface area (Å²) < 4.78 is 32.8. The smallest absolute Gasteiger partial charge is 0.255 e. The van der Waals surface area contributed by atoms with E-state index in [-0.39, 0.29) is 22.3 Å². The van der Waals surface area contributed by atoms with E-state index < -0.39 is 15.9 Å². The van der Waals surface area contributed by atoms with Gasteiger partial charge in [-0.05, 0) is 49.2 Å². The molecule has 1 amide bonds. The third-order valence-corrected chi connectivity index (χ3v) is 5.44. The lowest BCUT2D eigenvalue weighted by Crippen LogP contribution is -2.26. The van der Waals surface area contributed by atoms with Crippen molar-refractivity contribution in [2.24, 2.45) is 0 Å². The van der Waals surface area contributed by atoms with Crippen molar-refractivity contribution < 1.29 is 17.9 Å². The predicted octanol–water partition coefficient (Wildman–Crippen LogP) is 2.37. The Balaban J connectivity index is 1.89. The molecule has 2 aromatic carbocycles. The Bertz CT molecular complexity index is 989. The average molecular weight is 370 g/mol. The van der Waals surface area contributed by atoms with Crippen LogP contribution in [0.15, 0.2) is 47.4 Å². The molecule has 2 N–H and O–H groups in total. The second-order valence-corrected chi connectivity index (χ2v) is 7.62. The van der Waals surface area contributed by atoms with Crippen LogP contribution in [0.4, 0.5) is 5.69 Å². The zero-order valence-corrected chi connectivity index (χ0v) is 15.0. The molecule has 0 aliphatic heterocycles. The van der Waals surface area contributed by atoms with Gasteiger partial charge >= 0.3 is 0 Å². The average Bonchev–Trinajstić information content (AvgIpc) is 3.44. The van der Waals surface area contributed by atoms with E-state index in [2.05, 4.69) is 16.0 Å². The standard InChI is InChI=1S/C19H18N2O4S/c1-3-13-5-4-6-16(11-13)20-19(22)14-7-10-17(25-2)18(12-14)26(23,24)21-15-8-9-15/h1,4-7,10-12,15,21H,8-9H2,2H3,(H,20,22). The first kappa shape index (κ1) is 18.0. The summed E-state index contributed by atoms with van der Waals surface area (Å²) in [7, 11) is -2.38. The Hall–Kier alpha value is -2.82. The van der Waals surface area contributed by atoms with Gasteiger partial charge in [-0.3, -0.25) is 4.79 Å². The molecule has 1 saturated carbocycles. The molecule has 134 valence electrons. The molecule has 3 rings (SSSR count). The van der Waals surface area contributed by atoms with Gasteiger partial charge in [-0.1, -0.05) is 12.0 Å². The third-order valence-electron chi connectivity index (χ3n) is 3.90. The van der Waals surface area contributed by atoms with Gasteiger partial charge in [0.15, 0.2) is 0 Å². The van der Waals surface area contributed by atoms with E-state index in [4.69, 9.17) is 11.2 Å². The zero-order valence-electron chi connectivity index (χ0n) is 14.2. The van der Waals surface area contributed by atoms with Crippen molar-refractivity contribution in [1.82, 2.24) is 4.72 Å². The normalized spacial score (nSPS) is 13.7. The molecule has 0 aromatic heterocycles. The molecule has 1 aliphatic rings. The van der Waals surface area contributed by atoms with Gasteiger partial charge in [0.25, 0.3) is 5.91 Å². The second-order valence-electron chi connectivity index (χ2n) is 5.94. The Kier molecular flexibility index (Phi) is 4.98. The van der Waals surface area contributed by atoms with Gasteiger partial charge < -0.3 is 10.1 Å². The lowest BCUT2D eigenvalue weighted by molar-refractivity contribution is 0.102. The predicted molar refractivity (Wildman–Crippen MR) is 98.7 cm³/mol. The Morgan fingerprint density at radius 1 is 1.23 bits per heavy atom. The highest BCUT2D eigenvalue weighted by Gasteiger charge is 2.30. The van der Waals surface area contributed by atoms with Crippen LogP contribution in [0.2, 0.25) is 0 Å². The minimum Gasteiger partial charge on any atom is -0.495 e. The van der Waals surface area contributed by atoms with Gasteiger partial charge in [-0.25, -0.2) is 13.1 Å². The van der Waals surface area contributed by atoms with Gasteiger partial charge in [0.2, 0.25) is 10.0 Å². The molecule has 26 heavy (non-hydrogen) atoms. The van der Waals surface area contributed by atoms with Gasteiger partial charge in [0, 0.05) is 22.9 Å². The lowest BCUT2D eigenvalue weighted by atomic mass is 10.1. The van der Waals surface area contributed by atoms with Crippen LogP contribution in [0.3, 0.4) is 0 Å². The highest BCUT2D eigenvalue weighted by Crippen LogP contribution is 2.28. The van der Waals surface area contributed by atoms with Crippen LogP contribution in [-0.4, -0.2) is 27.5 Å². The molecule has 1 aliphatic carbocycles. The first-order valence-electron chi connectivity index (χ1n) is 8.01. The van der Waals surface area contributed by atoms with E-state index in [1.807, 2.05) is 0 Å². The molecule has 2 aromatic rings. The number of hydrogen-bond donors (Lipinski definition) is 2. The first-order chi connectivity index (χ1) is 12.4. The van der Waals surface area contributed by atoms with E-state index in [0.29, 0.717) is 11.3 Å². The number of methoxy groups -OCH3 is 1. The minimum absolute atomic E-state index is 0.0475. The van der Waals surface area contributed by atoms with E-state index >= 15 is 0 Å². The van der Waals surface area contributed by atoms with Crippen molar-refractivity contribution in [3.8, 4) is 18.1 Å². The molecular weight excluding hydrogens is 352 g/mol. The summed E-state index contributed by atoms with van der Waals surface area (Å²) >= 11 is 0. The van der Waals surface area contributed by atoms with Crippen LogP contribution < -0.4 is 14.8 Å². The SMILES string of the molecule is C#Cc1cccc(NC(=O)c2ccc(OC)c(S(=O)(=O)NC3CC3)c2)c1. The summed E-state index contributed by atoms with van der Waals surface area (Å²) in [6, 6.07) is 11.1. The quantitative estimate of drug-likeness (QED) is 0.765. The summed E-state index contributed by atoms with van der Waals surface area (Å²) in [5.41, 5.74) is 1.37. The molecule has 0 bridgehead atoms. The number of carbonyl (C=O) groups is 1. The monoisotopic (exact) mass is 370 g/mol. The fourth-order valence-corrected chi connectivity index (χ4v) is 3.90. The molecular formula is C19H18N2O4S. The maximum Gasteiger partial charge on any atom is 0.255 e. The van der Waals surface area contributed by atoms with Crippen LogP contribution in [0, 0.1) is 12.3 Å². The first-order valence-corrected chi connectivity index (χ1v) is 9.49. The number of nitrogens with one attached hydrogen (secondary N) is 2. The van der Waals surface area contributed by atoms with Gasteiger partial charge in [0.05, 0.1) is 7.11 Å². The molecule has 0 atom stereocenters. The van der Waals surface area contributed by atoms with Crippen LogP contribution in [0.1, 0.15) is 28.8 Å².